The maximum absolute atomic E-state index is 10.8. The van der Waals surface area contributed by atoms with Gasteiger partial charge in [0, 0.05) is 6.42 Å². The molecule has 1 heterocycles. The molecule has 0 aromatic heterocycles. The molecule has 6 unspecified atom stereocenters. The maximum Gasteiger partial charge on any atom is 0.279 e. The van der Waals surface area contributed by atoms with Crippen LogP contribution in [-0.4, -0.2) is 50.4 Å². The van der Waals surface area contributed by atoms with E-state index in [0.717, 1.165) is 0 Å². The van der Waals surface area contributed by atoms with E-state index in [9.17, 15) is 20.1 Å². The number of nitriles is 1. The van der Waals surface area contributed by atoms with Crippen LogP contribution in [0, 0.1) is 17.2 Å². The van der Waals surface area contributed by atoms with E-state index in [2.05, 4.69) is 0 Å². The zero-order chi connectivity index (χ0) is 14.6. The van der Waals surface area contributed by atoms with Crippen molar-refractivity contribution >= 4 is 17.0 Å². The molecule has 1 aliphatic heterocycles. The topological polar surface area (TPSA) is 137 Å². The maximum atomic E-state index is 10.8. The first-order valence-corrected chi connectivity index (χ1v) is 6.77. The van der Waals surface area contributed by atoms with E-state index < -0.39 is 35.1 Å². The Bertz CT molecular complexity index is 361. The summed E-state index contributed by atoms with van der Waals surface area (Å²) >= 11 is 0.564. The van der Waals surface area contributed by atoms with E-state index in [1.54, 1.807) is 0 Å². The van der Waals surface area contributed by atoms with Gasteiger partial charge >= 0.3 is 0 Å². The molecule has 1 fully saturated rings. The van der Waals surface area contributed by atoms with Crippen LogP contribution in [0.5, 0.6) is 0 Å². The van der Waals surface area contributed by atoms with Crippen LogP contribution in [0.2, 0.25) is 0 Å². The number of carbonyl (C=O) groups excluding carboxylic acids is 1. The molecule has 6 atom stereocenters. The fraction of sp³-hybridized carbons (Fsp3) is 0.818. The number of rotatable bonds is 4. The molecule has 0 radical (unpaired) electrons. The number of hydrogen-bond acceptors (Lipinski definition) is 7. The van der Waals surface area contributed by atoms with Gasteiger partial charge in [-0.3, -0.25) is 4.79 Å². The van der Waals surface area contributed by atoms with E-state index in [1.807, 2.05) is 13.0 Å². The fourth-order valence-corrected chi connectivity index (χ4v) is 2.69. The van der Waals surface area contributed by atoms with Crippen molar-refractivity contribution in [2.45, 2.75) is 49.6 Å². The Labute approximate surface area is 115 Å². The standard InChI is InChI=1S/C11H18N2O5S/c1-5(2-3-12)4-6-7(14)8(15)9(16)10(18-6)19-11(13)17/h5-10,14-16H,2,4H2,1H3,(H2,13,17). The molecule has 0 saturated carbocycles. The van der Waals surface area contributed by atoms with Gasteiger partial charge in [-0.2, -0.15) is 5.26 Å². The van der Waals surface area contributed by atoms with Crippen LogP contribution in [0.25, 0.3) is 0 Å². The Balaban J connectivity index is 2.70. The van der Waals surface area contributed by atoms with Crippen molar-refractivity contribution in [3.05, 3.63) is 0 Å². The minimum absolute atomic E-state index is 0.0358. The number of ether oxygens (including phenoxy) is 1. The van der Waals surface area contributed by atoms with Crippen molar-refractivity contribution < 1.29 is 24.9 Å². The molecule has 8 heteroatoms. The van der Waals surface area contributed by atoms with Gasteiger partial charge in [0.15, 0.2) is 0 Å². The van der Waals surface area contributed by atoms with Gasteiger partial charge in [0.2, 0.25) is 0 Å². The molecule has 5 N–H and O–H groups in total. The van der Waals surface area contributed by atoms with Gasteiger partial charge in [0.1, 0.15) is 23.7 Å². The van der Waals surface area contributed by atoms with Crippen molar-refractivity contribution in [2.75, 3.05) is 0 Å². The second-order valence-electron chi connectivity index (χ2n) is 4.65. The number of primary amides is 1. The van der Waals surface area contributed by atoms with Crippen molar-refractivity contribution in [3.8, 4) is 6.07 Å². The highest BCUT2D eigenvalue weighted by Gasteiger charge is 2.44. The number of hydrogen-bond donors (Lipinski definition) is 4. The molecule has 0 aliphatic carbocycles. The summed E-state index contributed by atoms with van der Waals surface area (Å²) in [5.41, 5.74) is 3.99. The number of aliphatic hydroxyl groups is 3. The van der Waals surface area contributed by atoms with Crippen LogP contribution < -0.4 is 5.73 Å². The molecule has 1 rings (SSSR count). The first-order valence-electron chi connectivity index (χ1n) is 5.89. The second-order valence-corrected chi connectivity index (χ2v) is 5.76. The molecule has 108 valence electrons. The number of carbonyl (C=O) groups is 1. The number of aliphatic hydroxyl groups excluding tert-OH is 3. The van der Waals surface area contributed by atoms with Crippen LogP contribution in [0.3, 0.4) is 0 Å². The summed E-state index contributed by atoms with van der Waals surface area (Å²) in [6, 6.07) is 2.01. The highest BCUT2D eigenvalue weighted by atomic mass is 32.2. The second kappa shape index (κ2) is 7.07. The predicted molar refractivity (Wildman–Crippen MR) is 67.9 cm³/mol. The molecular formula is C11H18N2O5S. The van der Waals surface area contributed by atoms with E-state index in [0.29, 0.717) is 24.6 Å². The molecule has 1 aliphatic rings. The molecular weight excluding hydrogens is 272 g/mol. The van der Waals surface area contributed by atoms with Crippen LogP contribution in [0.4, 0.5) is 4.79 Å². The van der Waals surface area contributed by atoms with Crippen LogP contribution in [0.15, 0.2) is 0 Å². The Morgan fingerprint density at radius 1 is 1.42 bits per heavy atom. The third-order valence-corrected chi connectivity index (χ3v) is 3.83. The molecule has 0 aromatic carbocycles. The average Bonchev–Trinajstić information content (AvgIpc) is 2.32. The Morgan fingerprint density at radius 3 is 2.58 bits per heavy atom. The number of nitrogens with zero attached hydrogens (tertiary/aromatic N) is 1. The third-order valence-electron chi connectivity index (χ3n) is 2.98. The number of amides is 1. The van der Waals surface area contributed by atoms with Crippen molar-refractivity contribution in [3.63, 3.8) is 0 Å². The third kappa shape index (κ3) is 4.33. The summed E-state index contributed by atoms with van der Waals surface area (Å²) in [5, 5.41) is 37.1. The fourth-order valence-electron chi connectivity index (χ4n) is 1.96. The average molecular weight is 290 g/mol. The predicted octanol–water partition coefficient (Wildman–Crippen LogP) is -0.454. The van der Waals surface area contributed by atoms with E-state index in [4.69, 9.17) is 15.7 Å². The first kappa shape index (κ1) is 16.2. The summed E-state index contributed by atoms with van der Waals surface area (Å²) in [6.07, 6.45) is -4.19. The monoisotopic (exact) mass is 290 g/mol. The van der Waals surface area contributed by atoms with E-state index >= 15 is 0 Å². The van der Waals surface area contributed by atoms with Gasteiger partial charge in [0.05, 0.1) is 12.2 Å². The lowest BCUT2D eigenvalue weighted by Gasteiger charge is -2.40. The molecule has 0 aromatic rings. The summed E-state index contributed by atoms with van der Waals surface area (Å²) < 4.78 is 5.40. The molecule has 19 heavy (non-hydrogen) atoms. The lowest BCUT2D eigenvalue weighted by molar-refractivity contribution is -0.201. The van der Waals surface area contributed by atoms with Crippen molar-refractivity contribution in [1.29, 1.82) is 5.26 Å². The van der Waals surface area contributed by atoms with Gasteiger partial charge in [-0.25, -0.2) is 0 Å². The quantitative estimate of drug-likeness (QED) is 0.550. The summed E-state index contributed by atoms with van der Waals surface area (Å²) in [5.74, 6) is -0.0358. The molecule has 7 nitrogen and oxygen atoms in total. The van der Waals surface area contributed by atoms with Gasteiger partial charge in [-0.1, -0.05) is 6.92 Å². The highest BCUT2D eigenvalue weighted by molar-refractivity contribution is 8.13. The smallest absolute Gasteiger partial charge is 0.279 e. The SMILES string of the molecule is CC(CC#N)CC1OC(SC(N)=O)C(O)C(O)C1O. The van der Waals surface area contributed by atoms with Gasteiger partial charge < -0.3 is 25.8 Å². The van der Waals surface area contributed by atoms with E-state index in [1.165, 1.54) is 0 Å². The summed E-state index contributed by atoms with van der Waals surface area (Å²) in [6.45, 7) is 1.81. The summed E-state index contributed by atoms with van der Waals surface area (Å²) in [7, 11) is 0. The highest BCUT2D eigenvalue weighted by Crippen LogP contribution is 2.31. The van der Waals surface area contributed by atoms with Gasteiger partial charge in [0.25, 0.3) is 5.24 Å². The molecule has 0 spiro atoms. The van der Waals surface area contributed by atoms with Crippen molar-refractivity contribution in [2.24, 2.45) is 11.7 Å². The Kier molecular flexibility index (Phi) is 6.03. The Hall–Kier alpha value is -0.850. The molecule has 1 amide bonds. The van der Waals surface area contributed by atoms with Gasteiger partial charge in [-0.05, 0) is 24.1 Å². The van der Waals surface area contributed by atoms with Gasteiger partial charge in [-0.15, -0.1) is 0 Å². The zero-order valence-corrected chi connectivity index (χ0v) is 11.3. The lowest BCUT2D eigenvalue weighted by atomic mass is 9.92. The minimum Gasteiger partial charge on any atom is -0.388 e. The largest absolute Gasteiger partial charge is 0.388 e. The van der Waals surface area contributed by atoms with Crippen LogP contribution in [-0.2, 0) is 4.74 Å². The molecule has 1 saturated heterocycles. The Morgan fingerprint density at radius 2 is 2.05 bits per heavy atom. The summed E-state index contributed by atoms with van der Waals surface area (Å²) in [4.78, 5) is 10.8. The minimum atomic E-state index is -1.41. The van der Waals surface area contributed by atoms with E-state index in [-0.39, 0.29) is 5.92 Å². The first-order chi connectivity index (χ1) is 8.86. The van der Waals surface area contributed by atoms with Crippen LogP contribution in [0.1, 0.15) is 19.8 Å². The molecule has 0 bridgehead atoms. The van der Waals surface area contributed by atoms with Crippen LogP contribution >= 0.6 is 11.8 Å². The number of thioether (sulfide) groups is 1. The number of nitrogens with two attached hydrogens (primary N) is 1. The normalized spacial score (nSPS) is 36.5. The zero-order valence-electron chi connectivity index (χ0n) is 10.5. The van der Waals surface area contributed by atoms with Crippen molar-refractivity contribution in [1.82, 2.24) is 0 Å². The lowest BCUT2D eigenvalue weighted by Crippen LogP contribution is -2.57.